The first kappa shape index (κ1) is 16.9. The molecule has 21 heavy (non-hydrogen) atoms. The molecule has 0 aliphatic carbocycles. The molecule has 0 saturated heterocycles. The van der Waals surface area contributed by atoms with Crippen molar-refractivity contribution in [1.29, 1.82) is 0 Å². The normalized spacial score (nSPS) is 11.7. The summed E-state index contributed by atoms with van der Waals surface area (Å²) in [5, 5.41) is 11.5. The van der Waals surface area contributed by atoms with Crippen LogP contribution in [-0.4, -0.2) is 36.2 Å². The topological polar surface area (TPSA) is 75.6 Å². The van der Waals surface area contributed by atoms with Gasteiger partial charge in [-0.2, -0.15) is 0 Å². The van der Waals surface area contributed by atoms with Gasteiger partial charge in [0.15, 0.2) is 6.04 Å². The number of aliphatic carboxylic acids is 1. The molecule has 0 bridgehead atoms. The maximum Gasteiger partial charge on any atom is 0.328 e. The summed E-state index contributed by atoms with van der Waals surface area (Å²) in [6, 6.07) is 6.77. The lowest BCUT2D eigenvalue weighted by molar-refractivity contribution is -0.143. The van der Waals surface area contributed by atoms with Gasteiger partial charge in [-0.15, -0.1) is 6.58 Å². The Bertz CT molecular complexity index is 499. The van der Waals surface area contributed by atoms with Crippen molar-refractivity contribution in [2.24, 2.45) is 0 Å². The summed E-state index contributed by atoms with van der Waals surface area (Å²) in [5.74, 6) is -1.41. The highest BCUT2D eigenvalue weighted by Crippen LogP contribution is 2.09. The van der Waals surface area contributed by atoms with Crippen LogP contribution >= 0.6 is 0 Å². The van der Waals surface area contributed by atoms with Gasteiger partial charge in [-0.05, 0) is 24.5 Å². The van der Waals surface area contributed by atoms with Crippen LogP contribution in [0.1, 0.15) is 17.5 Å². The van der Waals surface area contributed by atoms with Gasteiger partial charge in [-0.25, -0.2) is 4.79 Å². The van der Waals surface area contributed by atoms with E-state index in [-0.39, 0.29) is 25.5 Å². The number of nitrogens with one attached hydrogen (secondary N) is 1. The molecule has 1 aromatic rings. The van der Waals surface area contributed by atoms with Gasteiger partial charge < -0.3 is 15.2 Å². The van der Waals surface area contributed by atoms with Crippen LogP contribution < -0.4 is 5.32 Å². The van der Waals surface area contributed by atoms with Crippen LogP contribution in [0, 0.1) is 6.92 Å². The van der Waals surface area contributed by atoms with E-state index in [1.807, 2.05) is 31.2 Å². The standard InChI is InChI=1S/C16H21NO4/c1-3-10-21-11-14(16(19)20)17-15(18)9-8-13-7-5-4-6-12(13)2/h3-7,14H,1,8-11H2,2H3,(H,17,18)(H,19,20). The lowest BCUT2D eigenvalue weighted by Crippen LogP contribution is -2.44. The Morgan fingerprint density at radius 2 is 2.14 bits per heavy atom. The molecule has 0 aliphatic rings. The lowest BCUT2D eigenvalue weighted by Gasteiger charge is -2.14. The van der Waals surface area contributed by atoms with Crippen LogP contribution in [-0.2, 0) is 20.7 Å². The molecular formula is C16H21NO4. The van der Waals surface area contributed by atoms with Crippen molar-refractivity contribution in [2.45, 2.75) is 25.8 Å². The highest BCUT2D eigenvalue weighted by Gasteiger charge is 2.19. The summed E-state index contributed by atoms with van der Waals surface area (Å²) in [4.78, 5) is 22.9. The second kappa shape index (κ2) is 8.92. The Balaban J connectivity index is 2.45. The van der Waals surface area contributed by atoms with E-state index < -0.39 is 12.0 Å². The van der Waals surface area contributed by atoms with E-state index in [0.717, 1.165) is 11.1 Å². The quantitative estimate of drug-likeness (QED) is 0.536. The first-order valence-corrected chi connectivity index (χ1v) is 6.80. The fraction of sp³-hybridized carbons (Fsp3) is 0.375. The summed E-state index contributed by atoms with van der Waals surface area (Å²) < 4.78 is 5.08. The van der Waals surface area contributed by atoms with Gasteiger partial charge in [0.1, 0.15) is 0 Å². The molecule has 1 unspecified atom stereocenters. The average Bonchev–Trinajstić information content (AvgIpc) is 2.45. The van der Waals surface area contributed by atoms with E-state index in [0.29, 0.717) is 6.42 Å². The number of carbonyl (C=O) groups is 2. The fourth-order valence-corrected chi connectivity index (χ4v) is 1.85. The van der Waals surface area contributed by atoms with E-state index in [9.17, 15) is 9.59 Å². The Kier molecular flexibility index (Phi) is 7.18. The summed E-state index contributed by atoms with van der Waals surface area (Å²) in [5.41, 5.74) is 2.21. The minimum atomic E-state index is -1.11. The van der Waals surface area contributed by atoms with E-state index in [1.165, 1.54) is 6.08 Å². The van der Waals surface area contributed by atoms with Crippen LogP contribution in [0.3, 0.4) is 0 Å². The molecule has 0 fully saturated rings. The van der Waals surface area contributed by atoms with E-state index in [1.54, 1.807) is 0 Å². The third kappa shape index (κ3) is 6.23. The number of carbonyl (C=O) groups excluding carboxylic acids is 1. The zero-order chi connectivity index (χ0) is 15.7. The molecule has 2 N–H and O–H groups in total. The number of benzene rings is 1. The van der Waals surface area contributed by atoms with Gasteiger partial charge in [0.25, 0.3) is 0 Å². The van der Waals surface area contributed by atoms with Crippen LogP contribution in [0.25, 0.3) is 0 Å². The van der Waals surface area contributed by atoms with Gasteiger partial charge in [-0.3, -0.25) is 4.79 Å². The molecule has 5 heteroatoms. The van der Waals surface area contributed by atoms with Crippen molar-refractivity contribution in [2.75, 3.05) is 13.2 Å². The number of rotatable bonds is 9. The highest BCUT2D eigenvalue weighted by atomic mass is 16.5. The molecule has 114 valence electrons. The Morgan fingerprint density at radius 1 is 1.43 bits per heavy atom. The number of carboxylic acids is 1. The predicted octanol–water partition coefficient (Wildman–Crippen LogP) is 1.70. The van der Waals surface area contributed by atoms with E-state index in [4.69, 9.17) is 9.84 Å². The van der Waals surface area contributed by atoms with Crippen molar-refractivity contribution in [1.82, 2.24) is 5.32 Å². The first-order chi connectivity index (χ1) is 10.0. The van der Waals surface area contributed by atoms with Crippen LogP contribution in [0.15, 0.2) is 36.9 Å². The third-order valence-electron chi connectivity index (χ3n) is 3.04. The number of amides is 1. The van der Waals surface area contributed by atoms with Crippen LogP contribution in [0.5, 0.6) is 0 Å². The maximum absolute atomic E-state index is 11.8. The van der Waals surface area contributed by atoms with Crippen LogP contribution in [0.2, 0.25) is 0 Å². The van der Waals surface area contributed by atoms with E-state index >= 15 is 0 Å². The summed E-state index contributed by atoms with van der Waals surface area (Å²) in [6.45, 7) is 5.64. The van der Waals surface area contributed by atoms with Gasteiger partial charge in [-0.1, -0.05) is 30.3 Å². The molecule has 1 atom stereocenters. The Morgan fingerprint density at radius 3 is 2.76 bits per heavy atom. The van der Waals surface area contributed by atoms with Crippen molar-refractivity contribution in [3.8, 4) is 0 Å². The summed E-state index contributed by atoms with van der Waals surface area (Å²) >= 11 is 0. The maximum atomic E-state index is 11.8. The number of hydrogen-bond donors (Lipinski definition) is 2. The molecule has 0 heterocycles. The second-order valence-corrected chi connectivity index (χ2v) is 4.71. The van der Waals surface area contributed by atoms with Crippen molar-refractivity contribution < 1.29 is 19.4 Å². The average molecular weight is 291 g/mol. The molecular weight excluding hydrogens is 270 g/mol. The predicted molar refractivity (Wildman–Crippen MR) is 80.1 cm³/mol. The monoisotopic (exact) mass is 291 g/mol. The number of hydrogen-bond acceptors (Lipinski definition) is 3. The largest absolute Gasteiger partial charge is 0.480 e. The molecule has 1 amide bonds. The summed E-state index contributed by atoms with van der Waals surface area (Å²) in [7, 11) is 0. The minimum absolute atomic E-state index is 0.0720. The van der Waals surface area contributed by atoms with Crippen LogP contribution in [0.4, 0.5) is 0 Å². The zero-order valence-corrected chi connectivity index (χ0v) is 12.2. The molecule has 0 spiro atoms. The number of aryl methyl sites for hydroxylation is 2. The molecule has 0 aromatic heterocycles. The SMILES string of the molecule is C=CCOCC(NC(=O)CCc1ccccc1C)C(=O)O. The fourth-order valence-electron chi connectivity index (χ4n) is 1.85. The van der Waals surface area contributed by atoms with Crippen molar-refractivity contribution >= 4 is 11.9 Å². The minimum Gasteiger partial charge on any atom is -0.480 e. The molecule has 5 nitrogen and oxygen atoms in total. The molecule has 0 radical (unpaired) electrons. The van der Waals surface area contributed by atoms with Crippen molar-refractivity contribution in [3.05, 3.63) is 48.0 Å². The van der Waals surface area contributed by atoms with Gasteiger partial charge >= 0.3 is 5.97 Å². The smallest absolute Gasteiger partial charge is 0.328 e. The molecule has 0 aliphatic heterocycles. The Hall–Kier alpha value is -2.14. The highest BCUT2D eigenvalue weighted by molar-refractivity contribution is 5.83. The van der Waals surface area contributed by atoms with Gasteiger partial charge in [0, 0.05) is 6.42 Å². The number of ether oxygens (including phenoxy) is 1. The van der Waals surface area contributed by atoms with Gasteiger partial charge in [0.2, 0.25) is 5.91 Å². The van der Waals surface area contributed by atoms with Crippen molar-refractivity contribution in [3.63, 3.8) is 0 Å². The third-order valence-corrected chi connectivity index (χ3v) is 3.04. The van der Waals surface area contributed by atoms with E-state index in [2.05, 4.69) is 11.9 Å². The molecule has 1 rings (SSSR count). The number of carboxylic acid groups (broad SMARTS) is 1. The molecule has 0 saturated carbocycles. The summed E-state index contributed by atoms with van der Waals surface area (Å²) in [6.07, 6.45) is 2.35. The van der Waals surface area contributed by atoms with Gasteiger partial charge in [0.05, 0.1) is 13.2 Å². The first-order valence-electron chi connectivity index (χ1n) is 6.80. The second-order valence-electron chi connectivity index (χ2n) is 4.71. The molecule has 1 aromatic carbocycles. The zero-order valence-electron chi connectivity index (χ0n) is 12.2. The lowest BCUT2D eigenvalue weighted by atomic mass is 10.0. The Labute approximate surface area is 124 Å².